The minimum atomic E-state index is -0.285. The normalized spacial score (nSPS) is 14.4. The van der Waals surface area contributed by atoms with E-state index in [-0.39, 0.29) is 23.9 Å². The Morgan fingerprint density at radius 2 is 1.71 bits per heavy atom. The van der Waals surface area contributed by atoms with E-state index in [0.717, 1.165) is 5.56 Å². The first-order valence-corrected chi connectivity index (χ1v) is 5.77. The number of benzene rings is 1. The first-order chi connectivity index (χ1) is 8.11. The highest BCUT2D eigenvalue weighted by atomic mass is 16.5. The van der Waals surface area contributed by atoms with Crippen molar-refractivity contribution >= 4 is 5.97 Å². The molecule has 94 valence electrons. The van der Waals surface area contributed by atoms with Crippen LogP contribution in [0.5, 0.6) is 0 Å². The van der Waals surface area contributed by atoms with Crippen molar-refractivity contribution in [1.82, 2.24) is 0 Å². The Kier molecular flexibility index (Phi) is 5.16. The zero-order valence-corrected chi connectivity index (χ0v) is 10.8. The number of rotatable bonds is 5. The second-order valence-corrected chi connectivity index (χ2v) is 4.36. The van der Waals surface area contributed by atoms with Gasteiger partial charge in [0, 0.05) is 7.11 Å². The molecular formula is C14H20O3. The number of carbonyl (C=O) groups is 1. The van der Waals surface area contributed by atoms with Crippen molar-refractivity contribution in [1.29, 1.82) is 0 Å². The Bertz CT molecular complexity index is 346. The molecule has 0 aromatic heterocycles. The van der Waals surface area contributed by atoms with Gasteiger partial charge in [0.2, 0.25) is 0 Å². The van der Waals surface area contributed by atoms with Crippen molar-refractivity contribution in [3.05, 3.63) is 35.9 Å². The van der Waals surface area contributed by atoms with Crippen molar-refractivity contribution in [2.75, 3.05) is 14.2 Å². The quantitative estimate of drug-likeness (QED) is 0.737. The third-order valence-electron chi connectivity index (χ3n) is 2.90. The lowest BCUT2D eigenvalue weighted by atomic mass is 9.86. The minimum Gasteiger partial charge on any atom is -0.469 e. The fraction of sp³-hybridized carbons (Fsp3) is 0.500. The van der Waals surface area contributed by atoms with Gasteiger partial charge < -0.3 is 9.47 Å². The lowest BCUT2D eigenvalue weighted by Gasteiger charge is -2.27. The lowest BCUT2D eigenvalue weighted by molar-refractivity contribution is -0.153. The molecule has 1 aromatic carbocycles. The fourth-order valence-corrected chi connectivity index (χ4v) is 2.01. The summed E-state index contributed by atoms with van der Waals surface area (Å²) in [4.78, 5) is 11.8. The molecule has 0 amide bonds. The van der Waals surface area contributed by atoms with Crippen molar-refractivity contribution in [3.8, 4) is 0 Å². The highest BCUT2D eigenvalue weighted by Crippen LogP contribution is 2.31. The van der Waals surface area contributed by atoms with Crippen LogP contribution in [0.25, 0.3) is 0 Å². The molecular weight excluding hydrogens is 216 g/mol. The molecule has 0 saturated heterocycles. The standard InChI is InChI=1S/C14H20O3/c1-10(2)12(14(15)17-4)13(16-3)11-8-6-5-7-9-11/h5-10,12-13H,1-4H3/t12-,13-/m0/s1. The monoisotopic (exact) mass is 236 g/mol. The summed E-state index contributed by atoms with van der Waals surface area (Å²) >= 11 is 0. The summed E-state index contributed by atoms with van der Waals surface area (Å²) in [6.45, 7) is 3.99. The first-order valence-electron chi connectivity index (χ1n) is 5.77. The molecule has 0 spiro atoms. The summed E-state index contributed by atoms with van der Waals surface area (Å²) in [7, 11) is 3.03. The van der Waals surface area contributed by atoms with E-state index in [0.29, 0.717) is 0 Å². The van der Waals surface area contributed by atoms with Crippen LogP contribution in [0, 0.1) is 11.8 Å². The van der Waals surface area contributed by atoms with E-state index in [4.69, 9.17) is 9.47 Å². The van der Waals surface area contributed by atoms with Gasteiger partial charge in [0.1, 0.15) is 0 Å². The lowest BCUT2D eigenvalue weighted by Crippen LogP contribution is -2.29. The summed E-state index contributed by atoms with van der Waals surface area (Å²) in [5.41, 5.74) is 0.999. The van der Waals surface area contributed by atoms with Crippen LogP contribution < -0.4 is 0 Å². The molecule has 3 nitrogen and oxygen atoms in total. The van der Waals surface area contributed by atoms with Crippen molar-refractivity contribution in [2.45, 2.75) is 20.0 Å². The molecule has 0 bridgehead atoms. The highest BCUT2D eigenvalue weighted by molar-refractivity contribution is 5.73. The van der Waals surface area contributed by atoms with E-state index in [1.54, 1.807) is 7.11 Å². The molecule has 0 N–H and O–H groups in total. The SMILES string of the molecule is COC(=O)[C@@H](C(C)C)[C@@H](OC)c1ccccc1. The fourth-order valence-electron chi connectivity index (χ4n) is 2.01. The number of hydrogen-bond donors (Lipinski definition) is 0. The molecule has 1 aromatic rings. The zero-order chi connectivity index (χ0) is 12.8. The maximum absolute atomic E-state index is 11.8. The maximum atomic E-state index is 11.8. The Morgan fingerprint density at radius 3 is 2.12 bits per heavy atom. The van der Waals surface area contributed by atoms with Gasteiger partial charge in [-0.15, -0.1) is 0 Å². The van der Waals surface area contributed by atoms with Crippen LogP contribution in [-0.2, 0) is 14.3 Å². The maximum Gasteiger partial charge on any atom is 0.311 e. The van der Waals surface area contributed by atoms with Gasteiger partial charge >= 0.3 is 5.97 Å². The molecule has 0 saturated carbocycles. The van der Waals surface area contributed by atoms with Crippen LogP contribution in [-0.4, -0.2) is 20.2 Å². The summed E-state index contributed by atoms with van der Waals surface area (Å²) in [6.07, 6.45) is -0.261. The molecule has 0 aliphatic heterocycles. The Labute approximate surface area is 103 Å². The van der Waals surface area contributed by atoms with E-state index in [9.17, 15) is 4.79 Å². The second kappa shape index (κ2) is 6.40. The van der Waals surface area contributed by atoms with Crippen LogP contribution >= 0.6 is 0 Å². The third kappa shape index (κ3) is 3.30. The highest BCUT2D eigenvalue weighted by Gasteiger charge is 2.33. The first kappa shape index (κ1) is 13.7. The summed E-state index contributed by atoms with van der Waals surface area (Å²) in [5, 5.41) is 0. The van der Waals surface area contributed by atoms with Gasteiger partial charge in [0.25, 0.3) is 0 Å². The average molecular weight is 236 g/mol. The van der Waals surface area contributed by atoms with Gasteiger partial charge in [0.05, 0.1) is 19.1 Å². The van der Waals surface area contributed by atoms with E-state index in [1.807, 2.05) is 44.2 Å². The van der Waals surface area contributed by atoms with E-state index < -0.39 is 0 Å². The molecule has 17 heavy (non-hydrogen) atoms. The minimum absolute atomic E-state index is 0.160. The smallest absolute Gasteiger partial charge is 0.311 e. The van der Waals surface area contributed by atoms with Crippen LogP contribution in [0.15, 0.2) is 30.3 Å². The Balaban J connectivity index is 3.02. The van der Waals surface area contributed by atoms with Gasteiger partial charge in [-0.05, 0) is 11.5 Å². The predicted octanol–water partition coefficient (Wildman–Crippen LogP) is 2.82. The number of carbonyl (C=O) groups excluding carboxylic acids is 1. The molecule has 0 aliphatic rings. The summed E-state index contributed by atoms with van der Waals surface area (Å²) < 4.78 is 10.3. The molecule has 1 rings (SSSR count). The number of esters is 1. The second-order valence-electron chi connectivity index (χ2n) is 4.36. The summed E-state index contributed by atoms with van der Waals surface area (Å²) in [5.74, 6) is -0.351. The van der Waals surface area contributed by atoms with Gasteiger partial charge in [-0.25, -0.2) is 0 Å². The van der Waals surface area contributed by atoms with Gasteiger partial charge in [-0.1, -0.05) is 44.2 Å². The van der Waals surface area contributed by atoms with Crippen molar-refractivity contribution in [3.63, 3.8) is 0 Å². The van der Waals surface area contributed by atoms with Gasteiger partial charge in [-0.3, -0.25) is 4.79 Å². The van der Waals surface area contributed by atoms with Crippen molar-refractivity contribution < 1.29 is 14.3 Å². The van der Waals surface area contributed by atoms with E-state index in [1.165, 1.54) is 7.11 Å². The molecule has 0 unspecified atom stereocenters. The van der Waals surface area contributed by atoms with Crippen LogP contribution in [0.3, 0.4) is 0 Å². The number of ether oxygens (including phenoxy) is 2. The van der Waals surface area contributed by atoms with Crippen LogP contribution in [0.2, 0.25) is 0 Å². The third-order valence-corrected chi connectivity index (χ3v) is 2.90. The Hall–Kier alpha value is -1.35. The predicted molar refractivity (Wildman–Crippen MR) is 66.5 cm³/mol. The summed E-state index contributed by atoms with van der Waals surface area (Å²) in [6, 6.07) is 9.75. The van der Waals surface area contributed by atoms with Crippen molar-refractivity contribution in [2.24, 2.45) is 11.8 Å². The molecule has 0 heterocycles. The topological polar surface area (TPSA) is 35.5 Å². The van der Waals surface area contributed by atoms with Gasteiger partial charge in [0.15, 0.2) is 0 Å². The molecule has 0 aliphatic carbocycles. The Morgan fingerprint density at radius 1 is 1.12 bits per heavy atom. The molecule has 0 radical (unpaired) electrons. The van der Waals surface area contributed by atoms with E-state index in [2.05, 4.69) is 0 Å². The average Bonchev–Trinajstić information content (AvgIpc) is 2.35. The molecule has 0 fully saturated rings. The molecule has 3 heteroatoms. The molecule has 2 atom stereocenters. The van der Waals surface area contributed by atoms with Crippen LogP contribution in [0.1, 0.15) is 25.5 Å². The van der Waals surface area contributed by atoms with Gasteiger partial charge in [-0.2, -0.15) is 0 Å². The van der Waals surface area contributed by atoms with Crippen LogP contribution in [0.4, 0.5) is 0 Å². The largest absolute Gasteiger partial charge is 0.469 e. The number of methoxy groups -OCH3 is 2. The zero-order valence-electron chi connectivity index (χ0n) is 10.8. The van der Waals surface area contributed by atoms with E-state index >= 15 is 0 Å². The number of hydrogen-bond acceptors (Lipinski definition) is 3.